The molecule has 12 heavy (non-hydrogen) atoms. The van der Waals surface area contributed by atoms with Crippen LogP contribution in [0.4, 0.5) is 0 Å². The van der Waals surface area contributed by atoms with Crippen LogP contribution in [0.15, 0.2) is 36.9 Å². The van der Waals surface area contributed by atoms with Crippen LogP contribution in [0.2, 0.25) is 0 Å². The molecular formula is C12H16. The minimum Gasteiger partial charge on any atom is -0.102 e. The van der Waals surface area contributed by atoms with Crippen molar-refractivity contribution in [2.75, 3.05) is 0 Å². The first-order valence-electron chi connectivity index (χ1n) is 4.27. The molecule has 0 heteroatoms. The number of hydrogen-bond donors (Lipinski definition) is 0. The zero-order valence-electron chi connectivity index (χ0n) is 8.09. The lowest BCUT2D eigenvalue weighted by molar-refractivity contribution is 0.671. The van der Waals surface area contributed by atoms with Crippen molar-refractivity contribution in [2.45, 2.75) is 26.2 Å². The predicted octanol–water partition coefficient (Wildman–Crippen LogP) is 3.46. The van der Waals surface area contributed by atoms with E-state index in [0.29, 0.717) is 0 Å². The average molecular weight is 160 g/mol. The van der Waals surface area contributed by atoms with Crippen LogP contribution in [-0.4, -0.2) is 0 Å². The first-order chi connectivity index (χ1) is 5.56. The standard InChI is InChI=1S/C12H16/c1-5-12(3,4)11-8-6-10(2)7-9-11/h5-9H,1H2,2-4H3. The van der Waals surface area contributed by atoms with Gasteiger partial charge in [-0.25, -0.2) is 0 Å². The van der Waals surface area contributed by atoms with E-state index in [-0.39, 0.29) is 5.41 Å². The fraction of sp³-hybridized carbons (Fsp3) is 0.333. The van der Waals surface area contributed by atoms with Crippen molar-refractivity contribution in [2.24, 2.45) is 0 Å². The Balaban J connectivity index is 3.04. The normalized spacial score (nSPS) is 11.2. The van der Waals surface area contributed by atoms with Gasteiger partial charge in [-0.1, -0.05) is 49.8 Å². The van der Waals surface area contributed by atoms with E-state index >= 15 is 0 Å². The highest BCUT2D eigenvalue weighted by Gasteiger charge is 2.14. The summed E-state index contributed by atoms with van der Waals surface area (Å²) >= 11 is 0. The number of rotatable bonds is 2. The van der Waals surface area contributed by atoms with Crippen molar-refractivity contribution in [3.63, 3.8) is 0 Å². The van der Waals surface area contributed by atoms with Gasteiger partial charge in [-0.15, -0.1) is 6.58 Å². The summed E-state index contributed by atoms with van der Waals surface area (Å²) in [5, 5.41) is 0. The van der Waals surface area contributed by atoms with Gasteiger partial charge in [0.05, 0.1) is 0 Å². The van der Waals surface area contributed by atoms with Gasteiger partial charge in [0.15, 0.2) is 0 Å². The van der Waals surface area contributed by atoms with E-state index in [2.05, 4.69) is 51.6 Å². The third-order valence-electron chi connectivity index (χ3n) is 2.31. The predicted molar refractivity (Wildman–Crippen MR) is 54.4 cm³/mol. The maximum absolute atomic E-state index is 3.83. The Hall–Kier alpha value is -1.04. The van der Waals surface area contributed by atoms with Crippen molar-refractivity contribution in [1.29, 1.82) is 0 Å². The van der Waals surface area contributed by atoms with Crippen LogP contribution in [0.3, 0.4) is 0 Å². The maximum atomic E-state index is 3.83. The molecule has 0 bridgehead atoms. The van der Waals surface area contributed by atoms with Crippen LogP contribution >= 0.6 is 0 Å². The van der Waals surface area contributed by atoms with Gasteiger partial charge in [-0.05, 0) is 12.5 Å². The molecule has 0 N–H and O–H groups in total. The highest BCUT2D eigenvalue weighted by Crippen LogP contribution is 2.23. The zero-order valence-corrected chi connectivity index (χ0v) is 8.09. The maximum Gasteiger partial charge on any atom is 0.00726 e. The highest BCUT2D eigenvalue weighted by molar-refractivity contribution is 5.30. The van der Waals surface area contributed by atoms with Gasteiger partial charge in [0.1, 0.15) is 0 Å². The van der Waals surface area contributed by atoms with E-state index in [1.54, 1.807) is 0 Å². The molecule has 0 fully saturated rings. The fourth-order valence-corrected chi connectivity index (χ4v) is 1.10. The molecule has 0 radical (unpaired) electrons. The van der Waals surface area contributed by atoms with Crippen LogP contribution in [0.25, 0.3) is 0 Å². The Bertz CT molecular complexity index is 265. The summed E-state index contributed by atoms with van der Waals surface area (Å²) in [5.74, 6) is 0. The topological polar surface area (TPSA) is 0 Å². The van der Waals surface area contributed by atoms with Gasteiger partial charge in [-0.3, -0.25) is 0 Å². The molecule has 1 aromatic carbocycles. The first-order valence-corrected chi connectivity index (χ1v) is 4.27. The Morgan fingerprint density at radius 1 is 1.17 bits per heavy atom. The number of aryl methyl sites for hydroxylation is 1. The van der Waals surface area contributed by atoms with Gasteiger partial charge in [-0.2, -0.15) is 0 Å². The van der Waals surface area contributed by atoms with Crippen LogP contribution in [0.1, 0.15) is 25.0 Å². The van der Waals surface area contributed by atoms with Crippen LogP contribution in [0.5, 0.6) is 0 Å². The largest absolute Gasteiger partial charge is 0.102 e. The number of benzene rings is 1. The minimum atomic E-state index is 0.0910. The lowest BCUT2D eigenvalue weighted by Crippen LogP contribution is -2.12. The van der Waals surface area contributed by atoms with Crippen LogP contribution < -0.4 is 0 Å². The lowest BCUT2D eigenvalue weighted by atomic mass is 9.85. The van der Waals surface area contributed by atoms with E-state index in [4.69, 9.17) is 0 Å². The summed E-state index contributed by atoms with van der Waals surface area (Å²) < 4.78 is 0. The molecule has 0 spiro atoms. The second-order valence-electron chi connectivity index (χ2n) is 3.79. The number of allylic oxidation sites excluding steroid dienone is 1. The first kappa shape index (κ1) is 9.05. The van der Waals surface area contributed by atoms with Crippen molar-refractivity contribution < 1.29 is 0 Å². The quantitative estimate of drug-likeness (QED) is 0.581. The molecular weight excluding hydrogens is 144 g/mol. The van der Waals surface area contributed by atoms with E-state index in [0.717, 1.165) is 0 Å². The average Bonchev–Trinajstić information content (AvgIpc) is 2.05. The summed E-state index contributed by atoms with van der Waals surface area (Å²) in [5.41, 5.74) is 2.72. The highest BCUT2D eigenvalue weighted by atomic mass is 14.2. The molecule has 0 aliphatic heterocycles. The summed E-state index contributed by atoms with van der Waals surface area (Å²) in [4.78, 5) is 0. The second-order valence-corrected chi connectivity index (χ2v) is 3.79. The Morgan fingerprint density at radius 3 is 2.08 bits per heavy atom. The van der Waals surface area contributed by atoms with Crippen LogP contribution in [0, 0.1) is 6.92 Å². The van der Waals surface area contributed by atoms with Gasteiger partial charge in [0.25, 0.3) is 0 Å². The molecule has 0 nitrogen and oxygen atoms in total. The zero-order chi connectivity index (χ0) is 9.19. The number of hydrogen-bond acceptors (Lipinski definition) is 0. The molecule has 0 atom stereocenters. The molecule has 1 rings (SSSR count). The summed E-state index contributed by atoms with van der Waals surface area (Å²) in [7, 11) is 0. The third-order valence-corrected chi connectivity index (χ3v) is 2.31. The van der Waals surface area contributed by atoms with Gasteiger partial charge < -0.3 is 0 Å². The molecule has 1 aromatic rings. The second kappa shape index (κ2) is 3.14. The van der Waals surface area contributed by atoms with Gasteiger partial charge >= 0.3 is 0 Å². The van der Waals surface area contributed by atoms with Crippen LogP contribution in [-0.2, 0) is 5.41 Å². The summed E-state index contributed by atoms with van der Waals surface area (Å²) in [6, 6.07) is 8.61. The summed E-state index contributed by atoms with van der Waals surface area (Å²) in [6.45, 7) is 10.3. The van der Waals surface area contributed by atoms with E-state index in [9.17, 15) is 0 Å². The fourth-order valence-electron chi connectivity index (χ4n) is 1.10. The third kappa shape index (κ3) is 1.76. The van der Waals surface area contributed by atoms with Gasteiger partial charge in [0.2, 0.25) is 0 Å². The smallest absolute Gasteiger partial charge is 0.00726 e. The Kier molecular flexibility index (Phi) is 2.37. The van der Waals surface area contributed by atoms with Crippen molar-refractivity contribution >= 4 is 0 Å². The molecule has 0 aromatic heterocycles. The lowest BCUT2D eigenvalue weighted by Gasteiger charge is -2.20. The minimum absolute atomic E-state index is 0.0910. The molecule has 0 heterocycles. The molecule has 0 unspecified atom stereocenters. The Morgan fingerprint density at radius 2 is 1.67 bits per heavy atom. The van der Waals surface area contributed by atoms with Crippen molar-refractivity contribution in [3.8, 4) is 0 Å². The summed E-state index contributed by atoms with van der Waals surface area (Å²) in [6.07, 6.45) is 1.98. The van der Waals surface area contributed by atoms with E-state index in [1.807, 2.05) is 6.08 Å². The van der Waals surface area contributed by atoms with E-state index < -0.39 is 0 Å². The molecule has 64 valence electrons. The monoisotopic (exact) mass is 160 g/mol. The molecule has 0 aliphatic rings. The van der Waals surface area contributed by atoms with Gasteiger partial charge in [0, 0.05) is 5.41 Å². The SMILES string of the molecule is C=CC(C)(C)c1ccc(C)cc1. The molecule has 0 amide bonds. The van der Waals surface area contributed by atoms with E-state index in [1.165, 1.54) is 11.1 Å². The Labute approximate surface area is 74.9 Å². The molecule has 0 saturated carbocycles. The molecule has 0 saturated heterocycles. The van der Waals surface area contributed by atoms with Crippen molar-refractivity contribution in [3.05, 3.63) is 48.0 Å². The molecule has 0 aliphatic carbocycles. The van der Waals surface area contributed by atoms with Crippen molar-refractivity contribution in [1.82, 2.24) is 0 Å².